The molecule has 0 radical (unpaired) electrons. The van der Waals surface area contributed by atoms with Crippen LogP contribution in [0.1, 0.15) is 28.6 Å². The number of amides is 1. The molecule has 1 amide bonds. The van der Waals surface area contributed by atoms with Crippen molar-refractivity contribution in [3.05, 3.63) is 82.8 Å². The molecule has 2 aromatic heterocycles. The van der Waals surface area contributed by atoms with Crippen LogP contribution < -0.4 is 0 Å². The molecule has 0 unspecified atom stereocenters. The summed E-state index contributed by atoms with van der Waals surface area (Å²) in [6.45, 7) is 0.347. The molecule has 1 saturated heterocycles. The van der Waals surface area contributed by atoms with Crippen LogP contribution in [-0.4, -0.2) is 40.3 Å². The van der Waals surface area contributed by atoms with Gasteiger partial charge in [0.1, 0.15) is 13.2 Å². The van der Waals surface area contributed by atoms with Gasteiger partial charge in [0.25, 0.3) is 11.8 Å². The standard InChI is InChI=1S/C24H20N4O3S/c1-30-26-20-13-21(22-25-23(31-27-22)19-11-12-32-15-19)28(14-20)24(29)18-9-7-17(8-10-18)16-5-3-2-4-6-16/h2-12,15,21H,13-14H2,1H3/b26-20-/t21-/m0/s1. The summed E-state index contributed by atoms with van der Waals surface area (Å²) in [5.41, 5.74) is 4.38. The van der Waals surface area contributed by atoms with Crippen LogP contribution in [0, 0.1) is 0 Å². The Morgan fingerprint density at radius 1 is 1.09 bits per heavy atom. The van der Waals surface area contributed by atoms with Crippen LogP contribution in [0.25, 0.3) is 22.6 Å². The van der Waals surface area contributed by atoms with Crippen LogP contribution in [0.5, 0.6) is 0 Å². The second-order valence-electron chi connectivity index (χ2n) is 7.41. The monoisotopic (exact) mass is 444 g/mol. The predicted molar refractivity (Wildman–Crippen MR) is 122 cm³/mol. The van der Waals surface area contributed by atoms with E-state index in [0.29, 0.717) is 30.2 Å². The second-order valence-corrected chi connectivity index (χ2v) is 8.19. The van der Waals surface area contributed by atoms with Gasteiger partial charge in [-0.15, -0.1) is 0 Å². The highest BCUT2D eigenvalue weighted by Crippen LogP contribution is 2.32. The zero-order valence-corrected chi connectivity index (χ0v) is 18.2. The molecule has 160 valence electrons. The summed E-state index contributed by atoms with van der Waals surface area (Å²) in [5, 5.41) is 12.1. The molecule has 8 heteroatoms. The van der Waals surface area contributed by atoms with E-state index in [4.69, 9.17) is 9.36 Å². The van der Waals surface area contributed by atoms with Gasteiger partial charge in [-0.25, -0.2) is 0 Å². The van der Waals surface area contributed by atoms with Gasteiger partial charge in [-0.2, -0.15) is 16.3 Å². The van der Waals surface area contributed by atoms with Gasteiger partial charge in [-0.3, -0.25) is 4.79 Å². The van der Waals surface area contributed by atoms with Gasteiger partial charge in [0, 0.05) is 17.4 Å². The lowest BCUT2D eigenvalue weighted by molar-refractivity contribution is 0.0732. The number of hydrogen-bond donors (Lipinski definition) is 0. The molecule has 0 bridgehead atoms. The number of likely N-dealkylation sites (tertiary alicyclic amines) is 1. The van der Waals surface area contributed by atoms with Crippen molar-refractivity contribution < 1.29 is 14.2 Å². The molecule has 7 nitrogen and oxygen atoms in total. The molecule has 3 heterocycles. The lowest BCUT2D eigenvalue weighted by Gasteiger charge is -2.21. The van der Waals surface area contributed by atoms with Crippen LogP contribution in [0.3, 0.4) is 0 Å². The highest BCUT2D eigenvalue weighted by atomic mass is 32.1. The Hall–Kier alpha value is -3.78. The number of carbonyl (C=O) groups is 1. The first-order chi connectivity index (χ1) is 15.7. The largest absolute Gasteiger partial charge is 0.399 e. The van der Waals surface area contributed by atoms with E-state index in [0.717, 1.165) is 22.4 Å². The molecule has 0 aliphatic carbocycles. The third kappa shape index (κ3) is 3.92. The lowest BCUT2D eigenvalue weighted by Crippen LogP contribution is -2.31. The molecule has 0 spiro atoms. The first-order valence-electron chi connectivity index (χ1n) is 10.1. The quantitative estimate of drug-likeness (QED) is 0.402. The Kier molecular flexibility index (Phi) is 5.51. The highest BCUT2D eigenvalue weighted by Gasteiger charge is 2.38. The van der Waals surface area contributed by atoms with Crippen molar-refractivity contribution in [1.82, 2.24) is 15.0 Å². The topological polar surface area (TPSA) is 80.8 Å². The minimum atomic E-state index is -0.374. The molecule has 1 aliphatic rings. The smallest absolute Gasteiger partial charge is 0.258 e. The maximum atomic E-state index is 13.4. The van der Waals surface area contributed by atoms with Crippen molar-refractivity contribution in [2.75, 3.05) is 13.7 Å². The van der Waals surface area contributed by atoms with E-state index < -0.39 is 0 Å². The summed E-state index contributed by atoms with van der Waals surface area (Å²) in [6, 6.07) is 19.2. The van der Waals surface area contributed by atoms with Crippen molar-refractivity contribution >= 4 is 23.0 Å². The SMILES string of the molecule is CO/N=C1/C[C@@H](c2noc(-c3ccsc3)n2)N(C(=O)c2ccc(-c3ccccc3)cc2)C1. The normalized spacial score (nSPS) is 17.1. The van der Waals surface area contributed by atoms with Crippen LogP contribution >= 0.6 is 11.3 Å². The molecule has 1 fully saturated rings. The first kappa shape index (κ1) is 20.1. The maximum absolute atomic E-state index is 13.4. The van der Waals surface area contributed by atoms with E-state index in [-0.39, 0.29) is 11.9 Å². The van der Waals surface area contributed by atoms with Gasteiger partial charge in [-0.1, -0.05) is 52.8 Å². The minimum Gasteiger partial charge on any atom is -0.399 e. The Labute approximate surface area is 188 Å². The molecule has 1 aliphatic heterocycles. The fraction of sp³-hybridized carbons (Fsp3) is 0.167. The molecule has 0 saturated carbocycles. The predicted octanol–water partition coefficient (Wildman–Crippen LogP) is 5.05. The Balaban J connectivity index is 1.42. The number of hydrogen-bond acceptors (Lipinski definition) is 7. The van der Waals surface area contributed by atoms with Gasteiger partial charge in [0.05, 0.1) is 17.8 Å². The van der Waals surface area contributed by atoms with Gasteiger partial charge in [-0.05, 0) is 34.7 Å². The van der Waals surface area contributed by atoms with E-state index in [1.54, 1.807) is 16.2 Å². The zero-order valence-electron chi connectivity index (χ0n) is 17.3. The maximum Gasteiger partial charge on any atom is 0.258 e. The average molecular weight is 445 g/mol. The summed E-state index contributed by atoms with van der Waals surface area (Å²) in [6.07, 6.45) is 0.490. The summed E-state index contributed by atoms with van der Waals surface area (Å²) >= 11 is 1.56. The molecule has 4 aromatic rings. The summed E-state index contributed by atoms with van der Waals surface area (Å²) < 4.78 is 5.45. The Morgan fingerprint density at radius 2 is 1.88 bits per heavy atom. The molecule has 1 atom stereocenters. The molecular weight excluding hydrogens is 424 g/mol. The number of benzene rings is 2. The molecular formula is C24H20N4O3S. The van der Waals surface area contributed by atoms with Gasteiger partial charge in [0.2, 0.25) is 0 Å². The van der Waals surface area contributed by atoms with E-state index in [9.17, 15) is 4.79 Å². The summed E-state index contributed by atoms with van der Waals surface area (Å²) in [7, 11) is 1.50. The van der Waals surface area contributed by atoms with E-state index in [1.807, 2.05) is 71.4 Å². The number of aromatic nitrogens is 2. The molecule has 0 N–H and O–H groups in total. The number of nitrogens with zero attached hydrogens (tertiary/aromatic N) is 4. The third-order valence-corrected chi connectivity index (χ3v) is 6.07. The Bertz CT molecular complexity index is 1230. The zero-order chi connectivity index (χ0) is 21.9. The highest BCUT2D eigenvalue weighted by molar-refractivity contribution is 7.08. The second kappa shape index (κ2) is 8.76. The third-order valence-electron chi connectivity index (χ3n) is 5.39. The summed E-state index contributed by atoms with van der Waals surface area (Å²) in [5.74, 6) is 0.789. The molecule has 2 aromatic carbocycles. The first-order valence-corrected chi connectivity index (χ1v) is 11.1. The lowest BCUT2D eigenvalue weighted by atomic mass is 10.0. The minimum absolute atomic E-state index is 0.113. The number of oxime groups is 1. The van der Waals surface area contributed by atoms with Crippen LogP contribution in [0.4, 0.5) is 0 Å². The number of carbonyl (C=O) groups excluding carboxylic acids is 1. The van der Waals surface area contributed by atoms with Crippen molar-refractivity contribution in [1.29, 1.82) is 0 Å². The van der Waals surface area contributed by atoms with Crippen molar-refractivity contribution in [3.8, 4) is 22.6 Å². The van der Waals surface area contributed by atoms with E-state index in [1.165, 1.54) is 7.11 Å². The van der Waals surface area contributed by atoms with Crippen molar-refractivity contribution in [3.63, 3.8) is 0 Å². The van der Waals surface area contributed by atoms with Gasteiger partial charge >= 0.3 is 0 Å². The summed E-state index contributed by atoms with van der Waals surface area (Å²) in [4.78, 5) is 24.6. The van der Waals surface area contributed by atoms with Crippen LogP contribution in [0.15, 0.2) is 81.1 Å². The number of rotatable bonds is 5. The van der Waals surface area contributed by atoms with Crippen molar-refractivity contribution in [2.24, 2.45) is 5.16 Å². The van der Waals surface area contributed by atoms with Crippen LogP contribution in [-0.2, 0) is 4.84 Å². The molecule has 5 rings (SSSR count). The van der Waals surface area contributed by atoms with Gasteiger partial charge < -0.3 is 14.3 Å². The van der Waals surface area contributed by atoms with E-state index >= 15 is 0 Å². The van der Waals surface area contributed by atoms with E-state index in [2.05, 4.69) is 15.3 Å². The Morgan fingerprint density at radius 3 is 2.59 bits per heavy atom. The van der Waals surface area contributed by atoms with Crippen molar-refractivity contribution in [2.45, 2.75) is 12.5 Å². The fourth-order valence-electron chi connectivity index (χ4n) is 3.82. The number of thiophene rings is 1. The fourth-order valence-corrected chi connectivity index (χ4v) is 4.45. The van der Waals surface area contributed by atoms with Gasteiger partial charge in [0.15, 0.2) is 5.82 Å². The average Bonchev–Trinajstić information content (AvgIpc) is 3.60. The molecule has 32 heavy (non-hydrogen) atoms. The van der Waals surface area contributed by atoms with Crippen LogP contribution in [0.2, 0.25) is 0 Å².